The highest BCUT2D eigenvalue weighted by Crippen LogP contribution is 2.05. The van der Waals surface area contributed by atoms with Gasteiger partial charge in [0.2, 0.25) is 0 Å². The number of aliphatic hydroxyl groups excluding tert-OH is 1. The van der Waals surface area contributed by atoms with Crippen molar-refractivity contribution in [3.63, 3.8) is 0 Å². The summed E-state index contributed by atoms with van der Waals surface area (Å²) in [5.41, 5.74) is 0. The molecule has 0 aromatic heterocycles. The van der Waals surface area contributed by atoms with Gasteiger partial charge in [-0.2, -0.15) is 0 Å². The van der Waals surface area contributed by atoms with Crippen LogP contribution < -0.4 is 5.32 Å². The quantitative estimate of drug-likeness (QED) is 0.578. The zero-order chi connectivity index (χ0) is 10.1. The Labute approximate surface area is 85.6 Å². The summed E-state index contributed by atoms with van der Waals surface area (Å²) in [6.07, 6.45) is 3.38. The average Bonchev–Trinajstić information content (AvgIpc) is 2.25. The molecule has 0 aromatic carbocycles. The van der Waals surface area contributed by atoms with E-state index in [0.29, 0.717) is 12.6 Å². The van der Waals surface area contributed by atoms with Crippen molar-refractivity contribution in [1.29, 1.82) is 0 Å². The molecule has 1 rings (SSSR count). The third kappa shape index (κ3) is 5.54. The Morgan fingerprint density at radius 3 is 3.07 bits per heavy atom. The van der Waals surface area contributed by atoms with Gasteiger partial charge in [0, 0.05) is 19.3 Å². The molecule has 84 valence electrons. The smallest absolute Gasteiger partial charge is 0.0697 e. The molecule has 1 atom stereocenters. The maximum Gasteiger partial charge on any atom is 0.0697 e. The lowest BCUT2D eigenvalue weighted by Gasteiger charge is -2.23. The molecule has 0 aromatic rings. The van der Waals surface area contributed by atoms with Crippen LogP contribution in [0.25, 0.3) is 0 Å². The van der Waals surface area contributed by atoms with Crippen molar-refractivity contribution >= 4 is 0 Å². The fourth-order valence-electron chi connectivity index (χ4n) is 1.55. The molecule has 1 unspecified atom stereocenters. The third-order valence-electron chi connectivity index (χ3n) is 2.29. The summed E-state index contributed by atoms with van der Waals surface area (Å²) >= 11 is 0. The second-order valence-electron chi connectivity index (χ2n) is 3.56. The number of nitrogens with one attached hydrogen (secondary N) is 1. The van der Waals surface area contributed by atoms with Gasteiger partial charge < -0.3 is 19.9 Å². The second kappa shape index (κ2) is 8.17. The van der Waals surface area contributed by atoms with E-state index in [9.17, 15) is 0 Å². The van der Waals surface area contributed by atoms with E-state index < -0.39 is 0 Å². The highest BCUT2D eigenvalue weighted by Gasteiger charge is 2.11. The highest BCUT2D eigenvalue weighted by molar-refractivity contribution is 4.69. The molecular weight excluding hydrogens is 182 g/mol. The Bertz CT molecular complexity index is 127. The van der Waals surface area contributed by atoms with Gasteiger partial charge in [-0.25, -0.2) is 0 Å². The molecule has 0 radical (unpaired) electrons. The van der Waals surface area contributed by atoms with E-state index in [1.54, 1.807) is 0 Å². The van der Waals surface area contributed by atoms with E-state index in [2.05, 4.69) is 5.32 Å². The number of aliphatic hydroxyl groups is 1. The summed E-state index contributed by atoms with van der Waals surface area (Å²) in [4.78, 5) is 0. The lowest BCUT2D eigenvalue weighted by molar-refractivity contribution is 0.0666. The molecule has 1 aliphatic heterocycles. The Morgan fingerprint density at radius 1 is 1.43 bits per heavy atom. The van der Waals surface area contributed by atoms with Crippen LogP contribution in [0.15, 0.2) is 0 Å². The molecular formula is C10H21NO3. The number of hydrogen-bond acceptors (Lipinski definition) is 4. The molecule has 2 N–H and O–H groups in total. The van der Waals surface area contributed by atoms with Gasteiger partial charge in [0.1, 0.15) is 0 Å². The van der Waals surface area contributed by atoms with Crippen molar-refractivity contribution in [3.05, 3.63) is 0 Å². The van der Waals surface area contributed by atoms with Crippen LogP contribution in [0.5, 0.6) is 0 Å². The fourth-order valence-corrected chi connectivity index (χ4v) is 1.55. The van der Waals surface area contributed by atoms with Crippen molar-refractivity contribution in [2.75, 3.05) is 39.6 Å². The van der Waals surface area contributed by atoms with Crippen LogP contribution in [0.1, 0.15) is 19.3 Å². The highest BCUT2D eigenvalue weighted by atomic mass is 16.5. The standard InChI is InChI=1S/C10H21NO3/c12-5-8-13-7-2-4-11-10-3-1-6-14-9-10/h10-12H,1-9H2. The molecule has 1 saturated heterocycles. The first kappa shape index (κ1) is 11.9. The molecule has 4 nitrogen and oxygen atoms in total. The van der Waals surface area contributed by atoms with Crippen molar-refractivity contribution in [1.82, 2.24) is 5.32 Å². The lowest BCUT2D eigenvalue weighted by Crippen LogP contribution is -2.37. The Balaban J connectivity index is 1.82. The number of rotatable bonds is 7. The van der Waals surface area contributed by atoms with E-state index >= 15 is 0 Å². The van der Waals surface area contributed by atoms with Gasteiger partial charge in [-0.15, -0.1) is 0 Å². The summed E-state index contributed by atoms with van der Waals surface area (Å²) in [6, 6.07) is 0.529. The van der Waals surface area contributed by atoms with Crippen LogP contribution in [-0.2, 0) is 9.47 Å². The minimum absolute atomic E-state index is 0.115. The molecule has 0 saturated carbocycles. The number of hydrogen-bond donors (Lipinski definition) is 2. The monoisotopic (exact) mass is 203 g/mol. The first-order valence-corrected chi connectivity index (χ1v) is 5.43. The topological polar surface area (TPSA) is 50.7 Å². The summed E-state index contributed by atoms with van der Waals surface area (Å²) in [5, 5.41) is 11.9. The van der Waals surface area contributed by atoms with E-state index in [0.717, 1.165) is 32.8 Å². The van der Waals surface area contributed by atoms with Gasteiger partial charge in [-0.05, 0) is 25.8 Å². The van der Waals surface area contributed by atoms with Gasteiger partial charge in [-0.1, -0.05) is 0 Å². The molecule has 0 amide bonds. The zero-order valence-corrected chi connectivity index (χ0v) is 8.71. The lowest BCUT2D eigenvalue weighted by atomic mass is 10.1. The van der Waals surface area contributed by atoms with Crippen molar-refractivity contribution < 1.29 is 14.6 Å². The normalized spacial score (nSPS) is 22.5. The maximum absolute atomic E-state index is 8.47. The minimum atomic E-state index is 0.115. The molecule has 1 aliphatic rings. The van der Waals surface area contributed by atoms with Gasteiger partial charge in [0.25, 0.3) is 0 Å². The SMILES string of the molecule is OCCOCCCNC1CCCOC1. The predicted octanol–water partition coefficient (Wildman–Crippen LogP) is 0.154. The summed E-state index contributed by atoms with van der Waals surface area (Å²) in [7, 11) is 0. The van der Waals surface area contributed by atoms with Crippen LogP contribution in [0.3, 0.4) is 0 Å². The van der Waals surface area contributed by atoms with Gasteiger partial charge in [0.05, 0.1) is 19.8 Å². The molecule has 0 spiro atoms. The van der Waals surface area contributed by atoms with Crippen molar-refractivity contribution in [2.45, 2.75) is 25.3 Å². The summed E-state index contributed by atoms with van der Waals surface area (Å²) < 4.78 is 10.5. The molecule has 14 heavy (non-hydrogen) atoms. The molecule has 1 heterocycles. The third-order valence-corrected chi connectivity index (χ3v) is 2.29. The van der Waals surface area contributed by atoms with Crippen molar-refractivity contribution in [3.8, 4) is 0 Å². The average molecular weight is 203 g/mol. The maximum atomic E-state index is 8.47. The number of ether oxygens (including phenoxy) is 2. The van der Waals surface area contributed by atoms with Gasteiger partial charge in [-0.3, -0.25) is 0 Å². The Kier molecular flexibility index (Phi) is 6.95. The van der Waals surface area contributed by atoms with Crippen molar-refractivity contribution in [2.24, 2.45) is 0 Å². The molecule has 0 aliphatic carbocycles. The zero-order valence-electron chi connectivity index (χ0n) is 8.71. The van der Waals surface area contributed by atoms with Gasteiger partial charge in [0.15, 0.2) is 0 Å². The Hall–Kier alpha value is -0.160. The minimum Gasteiger partial charge on any atom is -0.394 e. The molecule has 4 heteroatoms. The van der Waals surface area contributed by atoms with Crippen LogP contribution in [0, 0.1) is 0 Å². The molecule has 1 fully saturated rings. The second-order valence-corrected chi connectivity index (χ2v) is 3.56. The predicted molar refractivity (Wildman–Crippen MR) is 54.4 cm³/mol. The van der Waals surface area contributed by atoms with E-state index in [1.165, 1.54) is 12.8 Å². The first-order valence-electron chi connectivity index (χ1n) is 5.43. The largest absolute Gasteiger partial charge is 0.394 e. The van der Waals surface area contributed by atoms with Crippen LogP contribution in [0.2, 0.25) is 0 Å². The van der Waals surface area contributed by atoms with E-state index in [1.807, 2.05) is 0 Å². The fraction of sp³-hybridized carbons (Fsp3) is 1.00. The Morgan fingerprint density at radius 2 is 2.36 bits per heavy atom. The summed E-state index contributed by atoms with van der Waals surface area (Å²) in [5.74, 6) is 0. The molecule has 0 bridgehead atoms. The van der Waals surface area contributed by atoms with Crippen LogP contribution in [0.4, 0.5) is 0 Å². The first-order chi connectivity index (χ1) is 6.93. The van der Waals surface area contributed by atoms with E-state index in [4.69, 9.17) is 14.6 Å². The van der Waals surface area contributed by atoms with E-state index in [-0.39, 0.29) is 6.61 Å². The summed E-state index contributed by atoms with van der Waals surface area (Å²) in [6.45, 7) is 4.02. The van der Waals surface area contributed by atoms with Gasteiger partial charge >= 0.3 is 0 Å². The van der Waals surface area contributed by atoms with Crippen LogP contribution in [-0.4, -0.2) is 50.7 Å². The van der Waals surface area contributed by atoms with Crippen LogP contribution >= 0.6 is 0 Å².